The van der Waals surface area contributed by atoms with Crippen molar-refractivity contribution in [1.82, 2.24) is 10.2 Å². The largest absolute Gasteiger partial charge is 0.635 e. The van der Waals surface area contributed by atoms with Gasteiger partial charge < -0.3 is 29.3 Å². The summed E-state index contributed by atoms with van der Waals surface area (Å²) in [5.41, 5.74) is 2.25. The molecule has 0 saturated carbocycles. The van der Waals surface area contributed by atoms with Crippen LogP contribution in [0.25, 0.3) is 11.0 Å². The summed E-state index contributed by atoms with van der Waals surface area (Å²) in [6.45, 7) is 6.20. The fourth-order valence-electron chi connectivity index (χ4n) is 3.81. The van der Waals surface area contributed by atoms with E-state index in [4.69, 9.17) is 9.07 Å². The van der Waals surface area contributed by atoms with E-state index in [0.717, 1.165) is 28.5 Å². The highest BCUT2D eigenvalue weighted by molar-refractivity contribution is 6.32. The Morgan fingerprint density at radius 1 is 1.41 bits per heavy atom. The molecule has 1 aromatic heterocycles. The van der Waals surface area contributed by atoms with Gasteiger partial charge in [0.05, 0.1) is 6.26 Å². The molecule has 1 fully saturated rings. The minimum Gasteiger partial charge on any atom is -0.464 e. The first-order valence-corrected chi connectivity index (χ1v) is 9.74. The summed E-state index contributed by atoms with van der Waals surface area (Å²) in [5, 5.41) is 22.0. The zero-order valence-electron chi connectivity index (χ0n) is 17.0. The Bertz CT molecular complexity index is 894. The summed E-state index contributed by atoms with van der Waals surface area (Å²) < 4.78 is 10.7. The molecule has 1 aliphatic heterocycles. The van der Waals surface area contributed by atoms with Crippen LogP contribution < -0.4 is 5.32 Å². The third-order valence-corrected chi connectivity index (χ3v) is 5.44. The third-order valence-electron chi connectivity index (χ3n) is 5.44. The molecule has 0 radical (unpaired) electrons. The van der Waals surface area contributed by atoms with Crippen LogP contribution in [0.5, 0.6) is 0 Å². The molecule has 3 N–H and O–H groups in total. The number of hydrogen-bond donors (Lipinski definition) is 3. The molecule has 8 nitrogen and oxygen atoms in total. The molecule has 1 aliphatic rings. The van der Waals surface area contributed by atoms with Crippen molar-refractivity contribution in [2.24, 2.45) is 0 Å². The molecule has 2 aromatic rings. The number of para-hydroxylation sites is 1. The van der Waals surface area contributed by atoms with Gasteiger partial charge in [0.15, 0.2) is 0 Å². The van der Waals surface area contributed by atoms with Crippen molar-refractivity contribution < 1.29 is 28.7 Å². The van der Waals surface area contributed by atoms with Gasteiger partial charge in [0.1, 0.15) is 11.8 Å². The van der Waals surface area contributed by atoms with Crippen molar-refractivity contribution in [3.8, 4) is 0 Å². The van der Waals surface area contributed by atoms with Crippen molar-refractivity contribution in [1.29, 1.82) is 0 Å². The van der Waals surface area contributed by atoms with Crippen LogP contribution in [-0.4, -0.2) is 52.4 Å². The van der Waals surface area contributed by atoms with E-state index in [2.05, 4.69) is 5.32 Å². The third kappa shape index (κ3) is 4.98. The molecule has 1 unspecified atom stereocenters. The van der Waals surface area contributed by atoms with E-state index >= 15 is 0 Å². The average Bonchev–Trinajstić information content (AvgIpc) is 3.14. The Hall–Kier alpha value is -2.36. The molecule has 0 aliphatic carbocycles. The van der Waals surface area contributed by atoms with Crippen LogP contribution in [0.1, 0.15) is 44.2 Å². The highest BCUT2D eigenvalue weighted by atomic mass is 16.6. The van der Waals surface area contributed by atoms with Gasteiger partial charge in [0.25, 0.3) is 0 Å². The number of benzene rings is 1. The number of carbonyl (C=O) groups excluding carboxylic acids is 2. The summed E-state index contributed by atoms with van der Waals surface area (Å²) in [6, 6.07) is 5.74. The Balaban J connectivity index is 1.65. The molecular weight excluding hydrogens is 375 g/mol. The number of likely N-dealkylation sites (tertiary alicyclic amines) is 1. The maximum Gasteiger partial charge on any atom is 0.635 e. The van der Waals surface area contributed by atoms with Crippen molar-refractivity contribution >= 4 is 30.1 Å². The Morgan fingerprint density at radius 3 is 2.83 bits per heavy atom. The number of hydrogen-bond acceptors (Lipinski definition) is 6. The van der Waals surface area contributed by atoms with Gasteiger partial charge in [-0.15, -0.1) is 0 Å². The second kappa shape index (κ2) is 8.56. The van der Waals surface area contributed by atoms with Crippen LogP contribution in [0.2, 0.25) is 0 Å². The van der Waals surface area contributed by atoms with E-state index in [9.17, 15) is 19.6 Å². The molecule has 9 heteroatoms. The lowest BCUT2D eigenvalue weighted by atomic mass is 10.0. The van der Waals surface area contributed by atoms with Gasteiger partial charge in [-0.1, -0.05) is 18.2 Å². The van der Waals surface area contributed by atoms with Crippen LogP contribution in [-0.2, 0) is 20.7 Å². The topological polar surface area (TPSA) is 112 Å². The van der Waals surface area contributed by atoms with Gasteiger partial charge in [-0.05, 0) is 32.8 Å². The molecule has 156 valence electrons. The van der Waals surface area contributed by atoms with Gasteiger partial charge in [-0.3, -0.25) is 9.59 Å². The SMILES string of the molecule is Cc1cccc2c(CC(NC(=O)CCN3C(=O)CCC3(C)C)OB(O)O)coc12. The number of carbonyl (C=O) groups is 2. The van der Waals surface area contributed by atoms with E-state index in [1.165, 1.54) is 0 Å². The van der Waals surface area contributed by atoms with E-state index in [-0.39, 0.29) is 30.2 Å². The smallest absolute Gasteiger partial charge is 0.464 e. The van der Waals surface area contributed by atoms with Crippen LogP contribution in [0.15, 0.2) is 28.9 Å². The minimum absolute atomic E-state index is 0.0432. The number of nitrogens with zero attached hydrogens (tertiary/aromatic N) is 1. The zero-order valence-corrected chi connectivity index (χ0v) is 17.0. The molecule has 2 amide bonds. The maximum absolute atomic E-state index is 12.4. The number of fused-ring (bicyclic) bond motifs is 1. The van der Waals surface area contributed by atoms with E-state index < -0.39 is 13.5 Å². The molecule has 0 spiro atoms. The standard InChI is InChI=1S/C20H27BN2O6/c1-13-5-4-6-15-14(12-28-19(13)15)11-17(29-21(26)27)22-16(24)8-10-23-18(25)7-9-20(23,2)3/h4-6,12,17,26-27H,7-11H2,1-3H3,(H,22,24). The number of aryl methyl sites for hydroxylation is 1. The first-order chi connectivity index (χ1) is 13.7. The summed E-state index contributed by atoms with van der Waals surface area (Å²) in [4.78, 5) is 26.2. The molecule has 1 saturated heterocycles. The van der Waals surface area contributed by atoms with Gasteiger partial charge in [-0.2, -0.15) is 0 Å². The van der Waals surface area contributed by atoms with Crippen LogP contribution in [0.3, 0.4) is 0 Å². The predicted molar refractivity (Wildman–Crippen MR) is 108 cm³/mol. The molecule has 0 bridgehead atoms. The predicted octanol–water partition coefficient (Wildman–Crippen LogP) is 1.50. The number of furan rings is 1. The average molecular weight is 402 g/mol. The summed E-state index contributed by atoms with van der Waals surface area (Å²) in [5.74, 6) is -0.295. The maximum atomic E-state index is 12.4. The Kier molecular flexibility index (Phi) is 6.31. The highest BCUT2D eigenvalue weighted by Crippen LogP contribution is 2.29. The minimum atomic E-state index is -2.03. The second-order valence-corrected chi connectivity index (χ2v) is 8.04. The summed E-state index contributed by atoms with van der Waals surface area (Å²) in [6.07, 6.45) is 2.18. The Morgan fingerprint density at radius 2 is 2.17 bits per heavy atom. The second-order valence-electron chi connectivity index (χ2n) is 8.04. The van der Waals surface area contributed by atoms with E-state index in [1.807, 2.05) is 39.0 Å². The van der Waals surface area contributed by atoms with Gasteiger partial charge in [0, 0.05) is 42.3 Å². The lowest BCUT2D eigenvalue weighted by Gasteiger charge is -2.31. The normalized spacial score (nSPS) is 17.0. The fourth-order valence-corrected chi connectivity index (χ4v) is 3.81. The monoisotopic (exact) mass is 402 g/mol. The lowest BCUT2D eigenvalue weighted by molar-refractivity contribution is -0.131. The van der Waals surface area contributed by atoms with Crippen molar-refractivity contribution in [2.75, 3.05) is 6.54 Å². The van der Waals surface area contributed by atoms with Crippen LogP contribution in [0, 0.1) is 6.92 Å². The molecule has 1 aromatic carbocycles. The fraction of sp³-hybridized carbons (Fsp3) is 0.500. The summed E-state index contributed by atoms with van der Waals surface area (Å²) >= 11 is 0. The van der Waals surface area contributed by atoms with Crippen LogP contribution in [0.4, 0.5) is 0 Å². The van der Waals surface area contributed by atoms with Gasteiger partial charge in [0.2, 0.25) is 11.8 Å². The van der Waals surface area contributed by atoms with Crippen molar-refractivity contribution in [3.63, 3.8) is 0 Å². The van der Waals surface area contributed by atoms with Crippen LogP contribution >= 0.6 is 0 Å². The van der Waals surface area contributed by atoms with Crippen molar-refractivity contribution in [3.05, 3.63) is 35.6 Å². The quantitative estimate of drug-likeness (QED) is 0.456. The number of amides is 2. The van der Waals surface area contributed by atoms with Crippen molar-refractivity contribution in [2.45, 2.75) is 58.2 Å². The molecule has 1 atom stereocenters. The van der Waals surface area contributed by atoms with E-state index in [1.54, 1.807) is 11.2 Å². The number of rotatable bonds is 8. The zero-order chi connectivity index (χ0) is 21.2. The number of nitrogens with one attached hydrogen (secondary N) is 1. The highest BCUT2D eigenvalue weighted by Gasteiger charge is 2.37. The van der Waals surface area contributed by atoms with E-state index in [0.29, 0.717) is 13.0 Å². The summed E-state index contributed by atoms with van der Waals surface area (Å²) in [7, 11) is -2.03. The lowest BCUT2D eigenvalue weighted by Crippen LogP contribution is -2.45. The first kappa shape index (κ1) is 21.4. The Labute approximate surface area is 170 Å². The van der Waals surface area contributed by atoms with Gasteiger partial charge >= 0.3 is 7.32 Å². The molecular formula is C20H27BN2O6. The molecule has 2 heterocycles. The van der Waals surface area contributed by atoms with Gasteiger partial charge in [-0.25, -0.2) is 0 Å². The first-order valence-electron chi connectivity index (χ1n) is 9.74. The molecule has 3 rings (SSSR count). The molecule has 29 heavy (non-hydrogen) atoms.